The quantitative estimate of drug-likeness (QED) is 0.465. The average molecular weight is 359 g/mol. The van der Waals surface area contributed by atoms with Gasteiger partial charge < -0.3 is 4.57 Å². The van der Waals surface area contributed by atoms with Gasteiger partial charge in [-0.2, -0.15) is 0 Å². The van der Waals surface area contributed by atoms with Crippen molar-refractivity contribution in [1.82, 2.24) is 4.98 Å². The fraction of sp³-hybridized carbons (Fsp3) is 0. The summed E-state index contributed by atoms with van der Waals surface area (Å²) in [4.78, 5) is 4.78. The number of nitrogens with zero attached hydrogens (tertiary/aromatic N) is 1. The molecule has 120 valence electrons. The van der Waals surface area contributed by atoms with E-state index in [9.17, 15) is 4.57 Å². The molecule has 0 aliphatic carbocycles. The minimum absolute atomic E-state index is 0.848. The van der Waals surface area contributed by atoms with E-state index >= 15 is 0 Å². The summed E-state index contributed by atoms with van der Waals surface area (Å²) in [6, 6.07) is 25.8. The van der Waals surface area contributed by atoms with Crippen LogP contribution in [0.15, 0.2) is 78.9 Å². The molecule has 0 saturated carbocycles. The van der Waals surface area contributed by atoms with Gasteiger partial charge in [0.1, 0.15) is 5.01 Å². The molecule has 0 saturated heterocycles. The molecule has 1 aliphatic heterocycles. The van der Waals surface area contributed by atoms with Gasteiger partial charge in [-0.25, -0.2) is 4.98 Å². The molecule has 4 aromatic rings. The van der Waals surface area contributed by atoms with E-state index in [1.165, 1.54) is 0 Å². The molecular weight excluding hydrogens is 345 g/mol. The van der Waals surface area contributed by atoms with E-state index in [0.717, 1.165) is 36.7 Å². The first kappa shape index (κ1) is 14.8. The number of hydrogen-bond acceptors (Lipinski definition) is 3. The van der Waals surface area contributed by atoms with Gasteiger partial charge in [-0.1, -0.05) is 66.7 Å². The summed E-state index contributed by atoms with van der Waals surface area (Å²) in [7, 11) is -2.89. The maximum Gasteiger partial charge on any atom is 0.174 e. The minimum Gasteiger partial charge on any atom is -0.309 e. The smallest absolute Gasteiger partial charge is 0.174 e. The molecule has 4 heteroatoms. The van der Waals surface area contributed by atoms with Crippen LogP contribution in [0.4, 0.5) is 0 Å². The van der Waals surface area contributed by atoms with E-state index in [4.69, 9.17) is 4.98 Å². The van der Waals surface area contributed by atoms with Gasteiger partial charge in [0.15, 0.2) is 7.14 Å². The van der Waals surface area contributed by atoms with Crippen molar-refractivity contribution in [1.29, 1.82) is 0 Å². The van der Waals surface area contributed by atoms with E-state index in [2.05, 4.69) is 12.1 Å². The Kier molecular flexibility index (Phi) is 3.27. The van der Waals surface area contributed by atoms with Crippen molar-refractivity contribution in [2.75, 3.05) is 0 Å². The number of para-hydroxylation sites is 1. The fourth-order valence-corrected chi connectivity index (χ4v) is 7.61. The molecule has 5 rings (SSSR count). The van der Waals surface area contributed by atoms with Gasteiger partial charge in [-0.15, -0.1) is 11.3 Å². The SMILES string of the molecule is O=P1(c2ccccc2)C(c2nc3ccccc3s2)=Cc2ccccc21. The molecule has 0 bridgehead atoms. The van der Waals surface area contributed by atoms with Crippen molar-refractivity contribution >= 4 is 50.7 Å². The van der Waals surface area contributed by atoms with E-state index < -0.39 is 7.14 Å². The van der Waals surface area contributed by atoms with Crippen LogP contribution in [0, 0.1) is 0 Å². The van der Waals surface area contributed by atoms with Crippen LogP contribution in [0.25, 0.3) is 21.6 Å². The molecule has 0 radical (unpaired) electrons. The van der Waals surface area contributed by atoms with Crippen LogP contribution in [-0.2, 0) is 4.57 Å². The number of hydrogen-bond donors (Lipinski definition) is 0. The van der Waals surface area contributed by atoms with Gasteiger partial charge in [0, 0.05) is 10.6 Å². The third-order valence-electron chi connectivity index (χ3n) is 4.54. The van der Waals surface area contributed by atoms with E-state index in [-0.39, 0.29) is 0 Å². The van der Waals surface area contributed by atoms with Gasteiger partial charge >= 0.3 is 0 Å². The molecule has 1 aliphatic rings. The number of thiazole rings is 1. The standard InChI is InChI=1S/C21H14NOPS/c23-24(16-9-2-1-3-10-16)18-12-6-4-8-15(18)14-19(24)21-22-17-11-5-7-13-20(17)25-21/h1-14H. The lowest BCUT2D eigenvalue weighted by Gasteiger charge is -2.17. The van der Waals surface area contributed by atoms with Crippen LogP contribution in [0.3, 0.4) is 0 Å². The van der Waals surface area contributed by atoms with Crippen molar-refractivity contribution in [2.24, 2.45) is 0 Å². The van der Waals surface area contributed by atoms with Gasteiger partial charge in [0.2, 0.25) is 0 Å². The molecule has 0 amide bonds. The maximum atomic E-state index is 14.3. The summed E-state index contributed by atoms with van der Waals surface area (Å²) in [6.07, 6.45) is 2.06. The Bertz CT molecular complexity index is 1140. The minimum atomic E-state index is -2.89. The van der Waals surface area contributed by atoms with Crippen LogP contribution in [0.2, 0.25) is 0 Å². The highest BCUT2D eigenvalue weighted by Gasteiger charge is 2.39. The molecule has 25 heavy (non-hydrogen) atoms. The van der Waals surface area contributed by atoms with Crippen LogP contribution in [-0.4, -0.2) is 4.98 Å². The lowest BCUT2D eigenvalue weighted by Crippen LogP contribution is -2.15. The van der Waals surface area contributed by atoms with E-state index in [1.54, 1.807) is 11.3 Å². The summed E-state index contributed by atoms with van der Waals surface area (Å²) in [5.41, 5.74) is 1.99. The van der Waals surface area contributed by atoms with E-state index in [1.807, 2.05) is 72.8 Å². The van der Waals surface area contributed by atoms with Crippen molar-refractivity contribution in [3.63, 3.8) is 0 Å². The highest BCUT2D eigenvalue weighted by atomic mass is 32.1. The van der Waals surface area contributed by atoms with Gasteiger partial charge in [0.25, 0.3) is 0 Å². The lowest BCUT2D eigenvalue weighted by molar-refractivity contribution is 0.593. The number of rotatable bonds is 2. The fourth-order valence-electron chi connectivity index (χ4n) is 3.36. The molecular formula is C21H14NOPS. The first-order valence-corrected chi connectivity index (χ1v) is 10.6. The van der Waals surface area contributed by atoms with Crippen LogP contribution in [0.1, 0.15) is 10.6 Å². The van der Waals surface area contributed by atoms with Crippen molar-refractivity contribution < 1.29 is 4.57 Å². The first-order valence-electron chi connectivity index (χ1n) is 8.10. The Morgan fingerprint density at radius 2 is 1.52 bits per heavy atom. The number of fused-ring (bicyclic) bond motifs is 2. The zero-order chi connectivity index (χ0) is 16.9. The van der Waals surface area contributed by atoms with Crippen LogP contribution >= 0.6 is 18.5 Å². The predicted molar refractivity (Wildman–Crippen MR) is 107 cm³/mol. The topological polar surface area (TPSA) is 30.0 Å². The lowest BCUT2D eigenvalue weighted by atomic mass is 10.2. The maximum absolute atomic E-state index is 14.3. The molecule has 1 unspecified atom stereocenters. The predicted octanol–water partition coefficient (Wildman–Crippen LogP) is 5.12. The average Bonchev–Trinajstić information content (AvgIpc) is 3.22. The first-order chi connectivity index (χ1) is 12.3. The molecule has 1 atom stereocenters. The largest absolute Gasteiger partial charge is 0.309 e. The number of benzene rings is 3. The van der Waals surface area contributed by atoms with Crippen molar-refractivity contribution in [2.45, 2.75) is 0 Å². The molecule has 1 aromatic heterocycles. The molecule has 0 spiro atoms. The van der Waals surface area contributed by atoms with Crippen molar-refractivity contribution in [3.05, 3.63) is 89.4 Å². The highest BCUT2D eigenvalue weighted by Crippen LogP contribution is 2.62. The third-order valence-corrected chi connectivity index (χ3v) is 8.89. The number of aromatic nitrogens is 1. The van der Waals surface area contributed by atoms with Gasteiger partial charge in [-0.3, -0.25) is 0 Å². The normalized spacial score (nSPS) is 19.0. The Morgan fingerprint density at radius 3 is 2.36 bits per heavy atom. The molecule has 0 fully saturated rings. The molecule has 2 heterocycles. The monoisotopic (exact) mass is 359 g/mol. The van der Waals surface area contributed by atoms with Gasteiger partial charge in [0.05, 0.1) is 15.5 Å². The Hall–Kier alpha value is -2.48. The Labute approximate surface area is 149 Å². The second kappa shape index (κ2) is 5.52. The summed E-state index contributed by atoms with van der Waals surface area (Å²) >= 11 is 1.61. The molecule has 3 aromatic carbocycles. The molecule has 2 nitrogen and oxygen atoms in total. The third kappa shape index (κ3) is 2.17. The summed E-state index contributed by atoms with van der Waals surface area (Å²) in [5, 5.41) is 3.48. The zero-order valence-corrected chi connectivity index (χ0v) is 15.0. The van der Waals surface area contributed by atoms with Crippen molar-refractivity contribution in [3.8, 4) is 0 Å². The summed E-state index contributed by atoms with van der Waals surface area (Å²) in [6.45, 7) is 0. The molecule has 0 N–H and O–H groups in total. The Balaban J connectivity index is 1.79. The second-order valence-corrected chi connectivity index (χ2v) is 9.75. The van der Waals surface area contributed by atoms with E-state index in [0.29, 0.717) is 0 Å². The van der Waals surface area contributed by atoms with Gasteiger partial charge in [-0.05, 0) is 23.8 Å². The Morgan fingerprint density at radius 1 is 0.800 bits per heavy atom. The van der Waals surface area contributed by atoms with Crippen LogP contribution < -0.4 is 10.6 Å². The van der Waals surface area contributed by atoms with Crippen LogP contribution in [0.5, 0.6) is 0 Å². The highest BCUT2D eigenvalue weighted by molar-refractivity contribution is 7.88. The summed E-state index contributed by atoms with van der Waals surface area (Å²) in [5.74, 6) is 0. The zero-order valence-electron chi connectivity index (χ0n) is 13.3. The second-order valence-electron chi connectivity index (χ2n) is 6.02. The summed E-state index contributed by atoms with van der Waals surface area (Å²) < 4.78 is 15.5.